The average Bonchev–Trinajstić information content (AvgIpc) is 2.73. The molecule has 2 rings (SSSR count). The molecular weight excluding hydrogens is 296 g/mol. The Balaban J connectivity index is 2.11. The maximum absolute atomic E-state index is 11.8. The number of carbonyl (C=O) groups excluding carboxylic acids is 1. The van der Waals surface area contributed by atoms with Crippen LogP contribution in [-0.2, 0) is 0 Å². The molecule has 0 radical (unpaired) electrons. The van der Waals surface area contributed by atoms with Crippen molar-refractivity contribution in [1.29, 1.82) is 0 Å². The van der Waals surface area contributed by atoms with Crippen LogP contribution in [0.4, 0.5) is 0 Å². The molecule has 1 heterocycles. The van der Waals surface area contributed by atoms with Crippen LogP contribution in [0.15, 0.2) is 46.3 Å². The molecule has 1 aromatic carbocycles. The summed E-state index contributed by atoms with van der Waals surface area (Å²) in [5.41, 5.74) is 1.88. The lowest BCUT2D eigenvalue weighted by molar-refractivity contribution is 0.104. The van der Waals surface area contributed by atoms with Crippen molar-refractivity contribution in [2.24, 2.45) is 0 Å². The first-order chi connectivity index (χ1) is 8.15. The molecule has 17 heavy (non-hydrogen) atoms. The molecule has 0 spiro atoms. The lowest BCUT2D eigenvalue weighted by atomic mass is 10.1. The minimum absolute atomic E-state index is 0.0366. The Morgan fingerprint density at radius 3 is 2.47 bits per heavy atom. The van der Waals surface area contributed by atoms with Gasteiger partial charge in [-0.15, -0.1) is 11.3 Å². The maximum Gasteiger partial charge on any atom is 0.185 e. The summed E-state index contributed by atoms with van der Waals surface area (Å²) in [5, 5.41) is 0. The molecule has 0 saturated carbocycles. The second kappa shape index (κ2) is 5.43. The highest BCUT2D eigenvalue weighted by Crippen LogP contribution is 2.23. The fourth-order valence-corrected chi connectivity index (χ4v) is 2.72. The lowest BCUT2D eigenvalue weighted by Gasteiger charge is -1.96. The molecule has 0 aliphatic heterocycles. The number of halogens is 1. The fourth-order valence-electron chi connectivity index (χ4n) is 1.39. The van der Waals surface area contributed by atoms with E-state index in [0.717, 1.165) is 19.8 Å². The van der Waals surface area contributed by atoms with Gasteiger partial charge in [-0.3, -0.25) is 4.79 Å². The van der Waals surface area contributed by atoms with Gasteiger partial charge in [0.05, 0.1) is 3.79 Å². The topological polar surface area (TPSA) is 17.1 Å². The van der Waals surface area contributed by atoms with Crippen LogP contribution in [0.1, 0.15) is 20.8 Å². The van der Waals surface area contributed by atoms with Crippen molar-refractivity contribution >= 4 is 39.1 Å². The number of carbonyl (C=O) groups is 1. The second-order valence-electron chi connectivity index (χ2n) is 3.71. The van der Waals surface area contributed by atoms with Gasteiger partial charge in [-0.05, 0) is 47.1 Å². The van der Waals surface area contributed by atoms with Gasteiger partial charge in [0, 0.05) is 10.4 Å². The van der Waals surface area contributed by atoms with E-state index in [2.05, 4.69) is 15.9 Å². The van der Waals surface area contributed by atoms with E-state index >= 15 is 0 Å². The Morgan fingerprint density at radius 2 is 1.88 bits per heavy atom. The summed E-state index contributed by atoms with van der Waals surface area (Å²) in [5.74, 6) is 0.0366. The number of hydrogen-bond donors (Lipinski definition) is 0. The Morgan fingerprint density at radius 1 is 1.18 bits per heavy atom. The number of ketones is 1. The van der Waals surface area contributed by atoms with Gasteiger partial charge in [0.2, 0.25) is 0 Å². The number of benzene rings is 1. The number of allylic oxidation sites excluding steroid dienone is 1. The predicted molar refractivity (Wildman–Crippen MR) is 76.6 cm³/mol. The highest BCUT2D eigenvalue weighted by atomic mass is 79.9. The number of hydrogen-bond acceptors (Lipinski definition) is 2. The molecule has 0 atom stereocenters. The van der Waals surface area contributed by atoms with Crippen LogP contribution in [-0.4, -0.2) is 5.78 Å². The molecule has 0 saturated heterocycles. The van der Waals surface area contributed by atoms with Crippen LogP contribution < -0.4 is 0 Å². The molecule has 0 amide bonds. The predicted octanol–water partition coefficient (Wildman–Crippen LogP) is 4.72. The van der Waals surface area contributed by atoms with E-state index in [-0.39, 0.29) is 5.78 Å². The van der Waals surface area contributed by atoms with Gasteiger partial charge in [-0.1, -0.05) is 29.8 Å². The summed E-state index contributed by atoms with van der Waals surface area (Å²) >= 11 is 5.00. The monoisotopic (exact) mass is 306 g/mol. The van der Waals surface area contributed by atoms with Crippen LogP contribution in [0.25, 0.3) is 6.08 Å². The normalized spacial score (nSPS) is 10.9. The molecule has 1 nitrogen and oxygen atoms in total. The quantitative estimate of drug-likeness (QED) is 0.592. The SMILES string of the molecule is Cc1ccc(C(=O)/C=C/c2ccc(Br)s2)cc1. The van der Waals surface area contributed by atoms with Crippen molar-refractivity contribution < 1.29 is 4.79 Å². The van der Waals surface area contributed by atoms with Gasteiger partial charge >= 0.3 is 0 Å². The van der Waals surface area contributed by atoms with Crippen LogP contribution in [0, 0.1) is 6.92 Å². The van der Waals surface area contributed by atoms with E-state index in [9.17, 15) is 4.79 Å². The van der Waals surface area contributed by atoms with Crippen LogP contribution in [0.3, 0.4) is 0 Å². The van der Waals surface area contributed by atoms with E-state index < -0.39 is 0 Å². The Bertz CT molecular complexity index is 552. The zero-order chi connectivity index (χ0) is 12.3. The molecule has 0 unspecified atom stereocenters. The van der Waals surface area contributed by atoms with Gasteiger partial charge in [0.1, 0.15) is 0 Å². The first-order valence-electron chi connectivity index (χ1n) is 5.19. The van der Waals surface area contributed by atoms with Crippen LogP contribution in [0.2, 0.25) is 0 Å². The standard InChI is InChI=1S/C14H11BrOS/c1-10-2-4-11(5-3-10)13(16)8-6-12-7-9-14(15)17-12/h2-9H,1H3/b8-6+. The molecule has 0 fully saturated rings. The summed E-state index contributed by atoms with van der Waals surface area (Å²) in [6, 6.07) is 11.6. The maximum atomic E-state index is 11.8. The summed E-state index contributed by atoms with van der Waals surface area (Å²) in [6.07, 6.45) is 3.46. The molecule has 86 valence electrons. The van der Waals surface area contributed by atoms with E-state index in [1.54, 1.807) is 17.4 Å². The van der Waals surface area contributed by atoms with E-state index in [1.807, 2.05) is 49.4 Å². The van der Waals surface area contributed by atoms with E-state index in [1.165, 1.54) is 0 Å². The van der Waals surface area contributed by atoms with Crippen molar-refractivity contribution in [3.8, 4) is 0 Å². The van der Waals surface area contributed by atoms with Crippen LogP contribution in [0.5, 0.6) is 0 Å². The van der Waals surface area contributed by atoms with Gasteiger partial charge in [0.15, 0.2) is 5.78 Å². The molecule has 0 N–H and O–H groups in total. The summed E-state index contributed by atoms with van der Waals surface area (Å²) < 4.78 is 1.07. The molecular formula is C14H11BrOS. The summed E-state index contributed by atoms with van der Waals surface area (Å²) in [6.45, 7) is 2.01. The molecule has 0 bridgehead atoms. The fraction of sp³-hybridized carbons (Fsp3) is 0.0714. The zero-order valence-corrected chi connectivity index (χ0v) is 11.7. The molecule has 0 aliphatic rings. The molecule has 3 heteroatoms. The van der Waals surface area contributed by atoms with Crippen molar-refractivity contribution in [3.63, 3.8) is 0 Å². The van der Waals surface area contributed by atoms with E-state index in [4.69, 9.17) is 0 Å². The summed E-state index contributed by atoms with van der Waals surface area (Å²) in [4.78, 5) is 12.9. The third-order valence-corrected chi connectivity index (χ3v) is 3.92. The Hall–Kier alpha value is -1.19. The number of aryl methyl sites for hydroxylation is 1. The van der Waals surface area contributed by atoms with Crippen molar-refractivity contribution in [2.75, 3.05) is 0 Å². The first kappa shape index (κ1) is 12.3. The minimum Gasteiger partial charge on any atom is -0.289 e. The molecule has 1 aromatic heterocycles. The first-order valence-corrected chi connectivity index (χ1v) is 6.80. The molecule has 0 aliphatic carbocycles. The highest BCUT2D eigenvalue weighted by molar-refractivity contribution is 9.11. The lowest BCUT2D eigenvalue weighted by Crippen LogP contribution is -1.93. The van der Waals surface area contributed by atoms with Crippen molar-refractivity contribution in [2.45, 2.75) is 6.92 Å². The van der Waals surface area contributed by atoms with Gasteiger partial charge in [0.25, 0.3) is 0 Å². The number of thiophene rings is 1. The van der Waals surface area contributed by atoms with Gasteiger partial charge in [-0.25, -0.2) is 0 Å². The van der Waals surface area contributed by atoms with Crippen LogP contribution >= 0.6 is 27.3 Å². The average molecular weight is 307 g/mol. The summed E-state index contributed by atoms with van der Waals surface area (Å²) in [7, 11) is 0. The van der Waals surface area contributed by atoms with Gasteiger partial charge in [-0.2, -0.15) is 0 Å². The highest BCUT2D eigenvalue weighted by Gasteiger charge is 2.01. The smallest absolute Gasteiger partial charge is 0.185 e. The Kier molecular flexibility index (Phi) is 3.92. The Labute approximate surface area is 113 Å². The van der Waals surface area contributed by atoms with Crippen molar-refractivity contribution in [1.82, 2.24) is 0 Å². The van der Waals surface area contributed by atoms with Crippen molar-refractivity contribution in [3.05, 3.63) is 62.3 Å². The third kappa shape index (κ3) is 3.38. The van der Waals surface area contributed by atoms with E-state index in [0.29, 0.717) is 0 Å². The second-order valence-corrected chi connectivity index (χ2v) is 6.20. The zero-order valence-electron chi connectivity index (χ0n) is 9.31. The third-order valence-electron chi connectivity index (χ3n) is 2.33. The minimum atomic E-state index is 0.0366. The number of rotatable bonds is 3. The largest absolute Gasteiger partial charge is 0.289 e. The van der Waals surface area contributed by atoms with Gasteiger partial charge < -0.3 is 0 Å². The molecule has 2 aromatic rings.